The molecule has 2 heteroatoms. The highest BCUT2D eigenvalue weighted by molar-refractivity contribution is 5.05. The van der Waals surface area contributed by atoms with Gasteiger partial charge >= 0.3 is 0 Å². The van der Waals surface area contributed by atoms with Crippen molar-refractivity contribution in [2.24, 2.45) is 0 Å². The lowest BCUT2D eigenvalue weighted by Crippen LogP contribution is -2.36. The Morgan fingerprint density at radius 3 is 1.71 bits per heavy atom. The average molecular weight is 192 g/mol. The fourth-order valence-electron chi connectivity index (χ4n) is 1.63. The fraction of sp³-hybridized carbons (Fsp3) is 0.500. The van der Waals surface area contributed by atoms with E-state index >= 15 is 0 Å². The van der Waals surface area contributed by atoms with Crippen molar-refractivity contribution in [2.75, 3.05) is 13.1 Å². The van der Waals surface area contributed by atoms with Crippen LogP contribution in [0.2, 0.25) is 0 Å². The molecule has 0 amide bonds. The highest BCUT2D eigenvalue weighted by Gasteiger charge is 2.13. The van der Waals surface area contributed by atoms with Gasteiger partial charge in [0.05, 0.1) is 0 Å². The zero-order valence-corrected chi connectivity index (χ0v) is 8.71. The third-order valence-electron chi connectivity index (χ3n) is 2.41. The van der Waals surface area contributed by atoms with Crippen LogP contribution in [0.4, 0.5) is 0 Å². The first-order valence-corrected chi connectivity index (χ1v) is 5.23. The number of hydrogen-bond donors (Lipinski definition) is 2. The predicted octanol–water partition coefficient (Wildman–Crippen LogP) is 1.62. The largest absolute Gasteiger partial charge is 0.307 e. The van der Waals surface area contributed by atoms with Gasteiger partial charge in [-0.2, -0.15) is 0 Å². The molecule has 0 aromatic carbocycles. The summed E-state index contributed by atoms with van der Waals surface area (Å²) in [5.41, 5.74) is 0. The van der Waals surface area contributed by atoms with Gasteiger partial charge in [0, 0.05) is 25.2 Å². The molecule has 0 radical (unpaired) electrons. The Morgan fingerprint density at radius 1 is 1.00 bits per heavy atom. The van der Waals surface area contributed by atoms with Crippen LogP contribution >= 0.6 is 0 Å². The van der Waals surface area contributed by atoms with Crippen LogP contribution in [0.5, 0.6) is 0 Å². The van der Waals surface area contributed by atoms with Gasteiger partial charge in [-0.15, -0.1) is 13.2 Å². The summed E-state index contributed by atoms with van der Waals surface area (Å²) in [5.74, 6) is 0. The summed E-state index contributed by atoms with van der Waals surface area (Å²) in [6.07, 6.45) is 10.7. The van der Waals surface area contributed by atoms with E-state index in [1.54, 1.807) is 0 Å². The minimum absolute atomic E-state index is 0.523. The van der Waals surface area contributed by atoms with E-state index in [4.69, 9.17) is 0 Å². The lowest BCUT2D eigenvalue weighted by molar-refractivity contribution is 0.478. The SMILES string of the molecule is C=CCN[C@H]1C=C[C@H](NCC=C)CC1. The Labute approximate surface area is 86.8 Å². The van der Waals surface area contributed by atoms with E-state index in [0.29, 0.717) is 12.1 Å². The molecule has 1 rings (SSSR count). The maximum absolute atomic E-state index is 3.69. The van der Waals surface area contributed by atoms with E-state index in [1.165, 1.54) is 12.8 Å². The summed E-state index contributed by atoms with van der Waals surface area (Å²) in [5, 5.41) is 6.79. The van der Waals surface area contributed by atoms with Crippen molar-refractivity contribution in [1.82, 2.24) is 10.6 Å². The Balaban J connectivity index is 2.24. The van der Waals surface area contributed by atoms with Gasteiger partial charge in [-0.05, 0) is 12.8 Å². The Kier molecular flexibility index (Phi) is 5.27. The molecule has 2 nitrogen and oxygen atoms in total. The second-order valence-electron chi connectivity index (χ2n) is 3.57. The van der Waals surface area contributed by atoms with Crippen molar-refractivity contribution in [3.05, 3.63) is 37.5 Å². The van der Waals surface area contributed by atoms with Crippen LogP contribution in [0.3, 0.4) is 0 Å². The number of hydrogen-bond acceptors (Lipinski definition) is 2. The maximum Gasteiger partial charge on any atom is 0.0254 e. The number of nitrogens with one attached hydrogen (secondary N) is 2. The van der Waals surface area contributed by atoms with Crippen LogP contribution in [0.1, 0.15) is 12.8 Å². The smallest absolute Gasteiger partial charge is 0.0254 e. The van der Waals surface area contributed by atoms with Crippen LogP contribution in [-0.4, -0.2) is 25.2 Å². The van der Waals surface area contributed by atoms with Gasteiger partial charge in [-0.25, -0.2) is 0 Å². The molecule has 0 unspecified atom stereocenters. The molecule has 0 heterocycles. The van der Waals surface area contributed by atoms with E-state index in [9.17, 15) is 0 Å². The molecule has 1 aliphatic rings. The fourth-order valence-corrected chi connectivity index (χ4v) is 1.63. The first kappa shape index (κ1) is 11.2. The predicted molar refractivity (Wildman–Crippen MR) is 62.3 cm³/mol. The van der Waals surface area contributed by atoms with Crippen LogP contribution in [0.25, 0.3) is 0 Å². The van der Waals surface area contributed by atoms with E-state index < -0.39 is 0 Å². The zero-order valence-electron chi connectivity index (χ0n) is 8.71. The van der Waals surface area contributed by atoms with Gasteiger partial charge in [-0.1, -0.05) is 24.3 Å². The van der Waals surface area contributed by atoms with Crippen LogP contribution < -0.4 is 10.6 Å². The molecular formula is C12H20N2. The molecule has 78 valence electrons. The quantitative estimate of drug-likeness (QED) is 0.625. The zero-order chi connectivity index (χ0) is 10.2. The van der Waals surface area contributed by atoms with Gasteiger partial charge in [0.25, 0.3) is 0 Å². The first-order chi connectivity index (χ1) is 6.86. The molecule has 0 aliphatic heterocycles. The van der Waals surface area contributed by atoms with E-state index in [2.05, 4.69) is 35.9 Å². The van der Waals surface area contributed by atoms with E-state index in [1.807, 2.05) is 12.2 Å². The van der Waals surface area contributed by atoms with Crippen molar-refractivity contribution in [2.45, 2.75) is 24.9 Å². The van der Waals surface area contributed by atoms with E-state index in [-0.39, 0.29) is 0 Å². The van der Waals surface area contributed by atoms with Crippen molar-refractivity contribution >= 4 is 0 Å². The minimum atomic E-state index is 0.523. The average Bonchev–Trinajstić information content (AvgIpc) is 2.25. The van der Waals surface area contributed by atoms with E-state index in [0.717, 1.165) is 13.1 Å². The van der Waals surface area contributed by atoms with Crippen LogP contribution in [0.15, 0.2) is 37.5 Å². The topological polar surface area (TPSA) is 24.1 Å². The molecule has 2 atom stereocenters. The molecule has 0 saturated carbocycles. The molecule has 14 heavy (non-hydrogen) atoms. The normalized spacial score (nSPS) is 26.0. The molecule has 0 bridgehead atoms. The van der Waals surface area contributed by atoms with Crippen molar-refractivity contribution in [3.8, 4) is 0 Å². The van der Waals surface area contributed by atoms with Gasteiger partial charge in [0.1, 0.15) is 0 Å². The lowest BCUT2D eigenvalue weighted by Gasteiger charge is -2.23. The Hall–Kier alpha value is -0.860. The van der Waals surface area contributed by atoms with Gasteiger partial charge in [0.15, 0.2) is 0 Å². The lowest BCUT2D eigenvalue weighted by atomic mass is 9.98. The Bertz CT molecular complexity index is 186. The first-order valence-electron chi connectivity index (χ1n) is 5.23. The molecule has 0 aromatic rings. The summed E-state index contributed by atoms with van der Waals surface area (Å²) >= 11 is 0. The van der Waals surface area contributed by atoms with Crippen LogP contribution in [-0.2, 0) is 0 Å². The molecule has 0 aromatic heterocycles. The standard InChI is InChI=1S/C12H20N2/c1-3-9-13-11-5-7-12(8-6-11)14-10-4-2/h3-5,7,11-14H,1-2,6,8-10H2/t11-,12-/m0/s1. The second-order valence-corrected chi connectivity index (χ2v) is 3.57. The third kappa shape index (κ3) is 3.90. The third-order valence-corrected chi connectivity index (χ3v) is 2.41. The molecule has 1 aliphatic carbocycles. The van der Waals surface area contributed by atoms with Crippen molar-refractivity contribution in [3.63, 3.8) is 0 Å². The summed E-state index contributed by atoms with van der Waals surface area (Å²) < 4.78 is 0. The molecule has 2 N–H and O–H groups in total. The molecule has 0 saturated heterocycles. The van der Waals surface area contributed by atoms with Crippen LogP contribution in [0, 0.1) is 0 Å². The molecule has 0 spiro atoms. The summed E-state index contributed by atoms with van der Waals surface area (Å²) in [7, 11) is 0. The van der Waals surface area contributed by atoms with Gasteiger partial charge in [-0.3, -0.25) is 0 Å². The monoisotopic (exact) mass is 192 g/mol. The summed E-state index contributed by atoms with van der Waals surface area (Å²) in [4.78, 5) is 0. The van der Waals surface area contributed by atoms with Gasteiger partial charge < -0.3 is 10.6 Å². The Morgan fingerprint density at radius 2 is 1.43 bits per heavy atom. The summed E-state index contributed by atoms with van der Waals surface area (Å²) in [6, 6.07) is 1.05. The highest BCUT2D eigenvalue weighted by Crippen LogP contribution is 2.11. The highest BCUT2D eigenvalue weighted by atomic mass is 14.9. The minimum Gasteiger partial charge on any atom is -0.307 e. The second kappa shape index (κ2) is 6.57. The van der Waals surface area contributed by atoms with Gasteiger partial charge in [0.2, 0.25) is 0 Å². The number of rotatable bonds is 6. The van der Waals surface area contributed by atoms with Crippen molar-refractivity contribution < 1.29 is 0 Å². The molecule has 0 fully saturated rings. The summed E-state index contributed by atoms with van der Waals surface area (Å²) in [6.45, 7) is 9.16. The van der Waals surface area contributed by atoms with Crippen molar-refractivity contribution in [1.29, 1.82) is 0 Å². The molecular weight excluding hydrogens is 172 g/mol. The maximum atomic E-state index is 3.69.